The van der Waals surface area contributed by atoms with Crippen molar-refractivity contribution in [2.24, 2.45) is 5.73 Å². The van der Waals surface area contributed by atoms with Crippen LogP contribution in [-0.2, 0) is 6.54 Å². The molecular formula is C8H7BrF2N2O2. The zero-order chi connectivity index (χ0) is 11.6. The van der Waals surface area contributed by atoms with Gasteiger partial charge in [0, 0.05) is 11.0 Å². The Kier molecular flexibility index (Phi) is 3.70. The van der Waals surface area contributed by atoms with Gasteiger partial charge in [0.05, 0.1) is 5.69 Å². The molecule has 82 valence electrons. The molecule has 0 saturated carbocycles. The summed E-state index contributed by atoms with van der Waals surface area (Å²) in [4.78, 5) is 14.2. The molecule has 3 N–H and O–H groups in total. The molecule has 0 aliphatic carbocycles. The quantitative estimate of drug-likeness (QED) is 0.887. The van der Waals surface area contributed by atoms with Crippen molar-refractivity contribution in [1.29, 1.82) is 0 Å². The number of alkyl halides is 2. The minimum Gasteiger partial charge on any atom is -0.478 e. The Morgan fingerprint density at radius 3 is 2.67 bits per heavy atom. The summed E-state index contributed by atoms with van der Waals surface area (Å²) in [6.45, 7) is -0.0295. The van der Waals surface area contributed by atoms with Crippen LogP contribution < -0.4 is 5.73 Å². The Labute approximate surface area is 92.2 Å². The standard InChI is InChI=1S/C8H7BrF2N2O2/c9-4-1-3(2-12)13-6(7(10)11)5(4)8(14)15/h1,7H,2,12H2,(H,14,15). The van der Waals surface area contributed by atoms with E-state index in [1.165, 1.54) is 6.07 Å². The van der Waals surface area contributed by atoms with Crippen molar-refractivity contribution < 1.29 is 18.7 Å². The first kappa shape index (κ1) is 12.0. The van der Waals surface area contributed by atoms with Crippen molar-refractivity contribution in [3.63, 3.8) is 0 Å². The topological polar surface area (TPSA) is 76.2 Å². The van der Waals surface area contributed by atoms with E-state index in [0.717, 1.165) is 0 Å². The lowest BCUT2D eigenvalue weighted by molar-refractivity contribution is 0.0681. The van der Waals surface area contributed by atoms with Crippen LogP contribution in [0.15, 0.2) is 10.5 Å². The maximum absolute atomic E-state index is 12.5. The summed E-state index contributed by atoms with van der Waals surface area (Å²) in [5.41, 5.74) is 4.16. The first-order chi connectivity index (χ1) is 6.97. The van der Waals surface area contributed by atoms with Crippen LogP contribution in [0.5, 0.6) is 0 Å². The van der Waals surface area contributed by atoms with Gasteiger partial charge in [0.15, 0.2) is 0 Å². The molecule has 1 aromatic rings. The van der Waals surface area contributed by atoms with Gasteiger partial charge in [-0.15, -0.1) is 0 Å². The Balaban J connectivity index is 3.42. The highest BCUT2D eigenvalue weighted by Gasteiger charge is 2.23. The first-order valence-electron chi connectivity index (χ1n) is 3.88. The molecule has 0 unspecified atom stereocenters. The van der Waals surface area contributed by atoms with Gasteiger partial charge in [0.2, 0.25) is 0 Å². The third-order valence-corrected chi connectivity index (χ3v) is 2.31. The fourth-order valence-corrected chi connectivity index (χ4v) is 1.69. The highest BCUT2D eigenvalue weighted by molar-refractivity contribution is 9.10. The first-order valence-corrected chi connectivity index (χ1v) is 4.67. The van der Waals surface area contributed by atoms with Crippen LogP contribution in [0.3, 0.4) is 0 Å². The number of rotatable bonds is 3. The van der Waals surface area contributed by atoms with E-state index in [1.54, 1.807) is 0 Å². The third kappa shape index (κ3) is 2.48. The van der Waals surface area contributed by atoms with Crippen molar-refractivity contribution in [2.75, 3.05) is 0 Å². The van der Waals surface area contributed by atoms with Crippen LogP contribution >= 0.6 is 15.9 Å². The van der Waals surface area contributed by atoms with E-state index in [9.17, 15) is 13.6 Å². The number of halogens is 3. The molecule has 1 aromatic heterocycles. The van der Waals surface area contributed by atoms with Gasteiger partial charge < -0.3 is 10.8 Å². The highest BCUT2D eigenvalue weighted by atomic mass is 79.9. The normalized spacial score (nSPS) is 10.7. The Hall–Kier alpha value is -1.08. The highest BCUT2D eigenvalue weighted by Crippen LogP contribution is 2.27. The molecule has 1 rings (SSSR count). The largest absolute Gasteiger partial charge is 0.478 e. The summed E-state index contributed by atoms with van der Waals surface area (Å²) in [7, 11) is 0. The van der Waals surface area contributed by atoms with E-state index in [-0.39, 0.29) is 16.7 Å². The molecule has 0 aliphatic rings. The molecule has 0 spiro atoms. The van der Waals surface area contributed by atoms with Gasteiger partial charge >= 0.3 is 5.97 Å². The van der Waals surface area contributed by atoms with E-state index in [4.69, 9.17) is 10.8 Å². The Bertz CT molecular complexity index is 398. The molecule has 1 heterocycles. The molecule has 0 aromatic carbocycles. The second-order valence-electron chi connectivity index (χ2n) is 2.67. The van der Waals surface area contributed by atoms with Crippen molar-refractivity contribution in [2.45, 2.75) is 13.0 Å². The summed E-state index contributed by atoms with van der Waals surface area (Å²) in [6, 6.07) is 1.31. The zero-order valence-electron chi connectivity index (χ0n) is 7.38. The lowest BCUT2D eigenvalue weighted by Crippen LogP contribution is -2.10. The van der Waals surface area contributed by atoms with E-state index in [2.05, 4.69) is 20.9 Å². The van der Waals surface area contributed by atoms with E-state index < -0.39 is 23.7 Å². The van der Waals surface area contributed by atoms with Crippen molar-refractivity contribution >= 4 is 21.9 Å². The van der Waals surface area contributed by atoms with Gasteiger partial charge in [0.1, 0.15) is 11.3 Å². The number of carboxylic acid groups (broad SMARTS) is 1. The molecule has 0 radical (unpaired) electrons. The predicted molar refractivity (Wildman–Crippen MR) is 51.7 cm³/mol. The molecule has 0 bridgehead atoms. The molecule has 0 aliphatic heterocycles. The number of carboxylic acids is 1. The van der Waals surface area contributed by atoms with Crippen LogP contribution in [0.4, 0.5) is 8.78 Å². The Morgan fingerprint density at radius 2 is 2.27 bits per heavy atom. The second kappa shape index (κ2) is 4.63. The zero-order valence-corrected chi connectivity index (χ0v) is 8.96. The number of aromatic carboxylic acids is 1. The van der Waals surface area contributed by atoms with Crippen LogP contribution in [0, 0.1) is 0 Å². The molecule has 0 atom stereocenters. The number of hydrogen-bond acceptors (Lipinski definition) is 3. The molecule has 7 heteroatoms. The van der Waals surface area contributed by atoms with Crippen LogP contribution in [0.1, 0.15) is 28.2 Å². The van der Waals surface area contributed by atoms with Crippen molar-refractivity contribution in [1.82, 2.24) is 4.98 Å². The van der Waals surface area contributed by atoms with Gasteiger partial charge in [-0.3, -0.25) is 0 Å². The minimum absolute atomic E-state index is 0.0295. The number of aromatic nitrogens is 1. The monoisotopic (exact) mass is 280 g/mol. The van der Waals surface area contributed by atoms with Crippen molar-refractivity contribution in [3.05, 3.63) is 27.5 Å². The molecule has 0 amide bonds. The number of nitrogens with zero attached hydrogens (tertiary/aromatic N) is 1. The maximum Gasteiger partial charge on any atom is 0.338 e. The lowest BCUT2D eigenvalue weighted by Gasteiger charge is -2.08. The fourth-order valence-electron chi connectivity index (χ4n) is 1.06. The predicted octanol–water partition coefficient (Wildman–Crippen LogP) is 1.94. The van der Waals surface area contributed by atoms with E-state index >= 15 is 0 Å². The smallest absolute Gasteiger partial charge is 0.338 e. The molecule has 4 nitrogen and oxygen atoms in total. The molecular weight excluding hydrogens is 274 g/mol. The number of carbonyl (C=O) groups is 1. The summed E-state index contributed by atoms with van der Waals surface area (Å²) in [5, 5.41) is 8.72. The minimum atomic E-state index is -2.95. The van der Waals surface area contributed by atoms with Crippen molar-refractivity contribution in [3.8, 4) is 0 Å². The fraction of sp³-hybridized carbons (Fsp3) is 0.250. The SMILES string of the molecule is NCc1cc(Br)c(C(=O)O)c(C(F)F)n1. The van der Waals surface area contributed by atoms with E-state index in [0.29, 0.717) is 0 Å². The number of pyridine rings is 1. The maximum atomic E-state index is 12.5. The second-order valence-corrected chi connectivity index (χ2v) is 3.52. The Morgan fingerprint density at radius 1 is 1.67 bits per heavy atom. The average Bonchev–Trinajstić information content (AvgIpc) is 2.15. The van der Waals surface area contributed by atoms with Gasteiger partial charge in [-0.05, 0) is 22.0 Å². The molecule has 15 heavy (non-hydrogen) atoms. The van der Waals surface area contributed by atoms with Crippen LogP contribution in [0.25, 0.3) is 0 Å². The molecule has 0 saturated heterocycles. The van der Waals surface area contributed by atoms with Gasteiger partial charge in [-0.25, -0.2) is 18.6 Å². The third-order valence-electron chi connectivity index (χ3n) is 1.68. The summed E-state index contributed by atoms with van der Waals surface area (Å²) in [5.74, 6) is -1.45. The van der Waals surface area contributed by atoms with Gasteiger partial charge in [0.25, 0.3) is 6.43 Å². The average molecular weight is 281 g/mol. The van der Waals surface area contributed by atoms with Crippen LogP contribution in [0.2, 0.25) is 0 Å². The van der Waals surface area contributed by atoms with Gasteiger partial charge in [-0.1, -0.05) is 0 Å². The number of nitrogens with two attached hydrogens (primary N) is 1. The van der Waals surface area contributed by atoms with Crippen LogP contribution in [-0.4, -0.2) is 16.1 Å². The summed E-state index contributed by atoms with van der Waals surface area (Å²) >= 11 is 2.90. The summed E-state index contributed by atoms with van der Waals surface area (Å²) < 4.78 is 25.0. The lowest BCUT2D eigenvalue weighted by atomic mass is 10.1. The number of hydrogen-bond donors (Lipinski definition) is 2. The van der Waals surface area contributed by atoms with Gasteiger partial charge in [-0.2, -0.15) is 0 Å². The summed E-state index contributed by atoms with van der Waals surface area (Å²) in [6.07, 6.45) is -2.95. The molecule has 0 fully saturated rings. The van der Waals surface area contributed by atoms with E-state index in [1.807, 2.05) is 0 Å².